The van der Waals surface area contributed by atoms with E-state index in [1.54, 1.807) is 0 Å². The first-order chi connectivity index (χ1) is 9.58. The van der Waals surface area contributed by atoms with E-state index in [0.717, 1.165) is 50.8 Å². The number of aromatic nitrogens is 1. The third kappa shape index (κ3) is 3.66. The van der Waals surface area contributed by atoms with Crippen LogP contribution >= 0.6 is 11.6 Å². The van der Waals surface area contributed by atoms with Gasteiger partial charge < -0.3 is 4.74 Å². The molecule has 0 aromatic carbocycles. The molecule has 0 radical (unpaired) electrons. The van der Waals surface area contributed by atoms with Gasteiger partial charge in [-0.15, -0.1) is 0 Å². The minimum absolute atomic E-state index is 0.0508. The van der Waals surface area contributed by atoms with E-state index in [1.165, 1.54) is 0 Å². The zero-order valence-electron chi connectivity index (χ0n) is 10.9. The monoisotopic (exact) mass is 298 g/mol. The van der Waals surface area contributed by atoms with Gasteiger partial charge in [0.05, 0.1) is 4.92 Å². The largest absolute Gasteiger partial charge is 0.459 e. The van der Waals surface area contributed by atoms with Crippen LogP contribution in [-0.4, -0.2) is 22.0 Å². The van der Waals surface area contributed by atoms with Crippen LogP contribution in [0.2, 0.25) is 5.15 Å². The third-order valence-electron chi connectivity index (χ3n) is 3.33. The van der Waals surface area contributed by atoms with Crippen LogP contribution in [-0.2, 0) is 4.74 Å². The van der Waals surface area contributed by atoms with E-state index >= 15 is 0 Å². The number of pyridine rings is 1. The number of carbonyl (C=O) groups excluding carboxylic acids is 1. The van der Waals surface area contributed by atoms with Crippen LogP contribution in [0.1, 0.15) is 48.9 Å². The third-order valence-corrected chi connectivity index (χ3v) is 3.63. The smallest absolute Gasteiger partial charge is 0.341 e. The Labute approximate surface area is 121 Å². The van der Waals surface area contributed by atoms with Crippen LogP contribution in [0.4, 0.5) is 5.69 Å². The molecule has 1 heterocycles. The molecule has 0 bridgehead atoms. The van der Waals surface area contributed by atoms with E-state index in [1.807, 2.05) is 0 Å². The Balaban J connectivity index is 2.11. The number of hydrogen-bond donors (Lipinski definition) is 0. The second kappa shape index (κ2) is 6.65. The van der Waals surface area contributed by atoms with Crippen LogP contribution in [0.5, 0.6) is 0 Å². The Hall–Kier alpha value is -1.69. The van der Waals surface area contributed by atoms with Crippen molar-refractivity contribution in [3.63, 3.8) is 0 Å². The quantitative estimate of drug-likeness (QED) is 0.280. The highest BCUT2D eigenvalue weighted by Gasteiger charge is 2.22. The number of nitrogens with zero attached hydrogens (tertiary/aromatic N) is 2. The van der Waals surface area contributed by atoms with Crippen molar-refractivity contribution in [2.24, 2.45) is 0 Å². The topological polar surface area (TPSA) is 82.3 Å². The molecule has 20 heavy (non-hydrogen) atoms. The summed E-state index contributed by atoms with van der Waals surface area (Å²) >= 11 is 5.81. The maximum absolute atomic E-state index is 12.1. The molecule has 7 heteroatoms. The lowest BCUT2D eigenvalue weighted by Crippen LogP contribution is -2.18. The zero-order valence-corrected chi connectivity index (χ0v) is 11.6. The summed E-state index contributed by atoms with van der Waals surface area (Å²) in [5.74, 6) is -0.641. The fourth-order valence-electron chi connectivity index (χ4n) is 2.25. The minimum Gasteiger partial charge on any atom is -0.459 e. The van der Waals surface area contributed by atoms with Gasteiger partial charge in [0.25, 0.3) is 5.69 Å². The number of hydrogen-bond acceptors (Lipinski definition) is 5. The predicted octanol–water partition coefficient (Wildman–Crippen LogP) is 3.52. The van der Waals surface area contributed by atoms with Gasteiger partial charge in [-0.3, -0.25) is 10.1 Å². The summed E-state index contributed by atoms with van der Waals surface area (Å²) in [5, 5.41) is 10.6. The molecule has 1 aromatic heterocycles. The molecule has 1 aromatic rings. The van der Waals surface area contributed by atoms with E-state index in [9.17, 15) is 14.9 Å². The van der Waals surface area contributed by atoms with Gasteiger partial charge in [0.15, 0.2) is 0 Å². The molecule has 1 aliphatic rings. The standard InChI is InChI=1S/C13H15ClN2O4/c14-12-11(7-9(8-15-12)16(18)19)13(17)20-10-5-3-1-2-4-6-10/h7-8,10H,1-6H2. The summed E-state index contributed by atoms with van der Waals surface area (Å²) in [6.45, 7) is 0. The maximum atomic E-state index is 12.1. The summed E-state index contributed by atoms with van der Waals surface area (Å²) in [4.78, 5) is 25.8. The lowest BCUT2D eigenvalue weighted by molar-refractivity contribution is -0.385. The van der Waals surface area contributed by atoms with E-state index < -0.39 is 10.9 Å². The molecule has 6 nitrogen and oxygen atoms in total. The molecular weight excluding hydrogens is 284 g/mol. The van der Waals surface area contributed by atoms with Crippen LogP contribution in [0.3, 0.4) is 0 Å². The first kappa shape index (κ1) is 14.7. The fraction of sp³-hybridized carbons (Fsp3) is 0.538. The number of rotatable bonds is 3. The van der Waals surface area contributed by atoms with E-state index in [0.29, 0.717) is 0 Å². The molecule has 1 saturated carbocycles. The van der Waals surface area contributed by atoms with Crippen LogP contribution < -0.4 is 0 Å². The van der Waals surface area contributed by atoms with Crippen LogP contribution in [0, 0.1) is 10.1 Å². The lowest BCUT2D eigenvalue weighted by Gasteiger charge is -2.15. The SMILES string of the molecule is O=C(OC1CCCCCC1)c1cc([N+](=O)[O-])cnc1Cl. The minimum atomic E-state index is -0.641. The Morgan fingerprint density at radius 3 is 2.60 bits per heavy atom. The van der Waals surface area contributed by atoms with Crippen LogP contribution in [0.15, 0.2) is 12.3 Å². The van der Waals surface area contributed by atoms with Gasteiger partial charge in [-0.2, -0.15) is 0 Å². The van der Waals surface area contributed by atoms with E-state index in [-0.39, 0.29) is 22.5 Å². The van der Waals surface area contributed by atoms with Crippen molar-refractivity contribution < 1.29 is 14.5 Å². The van der Waals surface area contributed by atoms with Crippen molar-refractivity contribution in [3.05, 3.63) is 33.1 Å². The van der Waals surface area contributed by atoms with Crippen molar-refractivity contribution >= 4 is 23.3 Å². The molecule has 0 spiro atoms. The number of nitro groups is 1. The van der Waals surface area contributed by atoms with Crippen molar-refractivity contribution in [2.45, 2.75) is 44.6 Å². The van der Waals surface area contributed by atoms with Crippen LogP contribution in [0.25, 0.3) is 0 Å². The second-order valence-electron chi connectivity index (χ2n) is 4.81. The molecule has 0 saturated heterocycles. The molecule has 0 atom stereocenters. The first-order valence-electron chi connectivity index (χ1n) is 6.59. The van der Waals surface area contributed by atoms with Crippen molar-refractivity contribution in [2.75, 3.05) is 0 Å². The highest BCUT2D eigenvalue weighted by Crippen LogP contribution is 2.24. The van der Waals surface area contributed by atoms with Crippen molar-refractivity contribution in [3.8, 4) is 0 Å². The number of ether oxygens (including phenoxy) is 1. The summed E-state index contributed by atoms with van der Waals surface area (Å²) in [7, 11) is 0. The van der Waals surface area contributed by atoms with E-state index in [2.05, 4.69) is 4.98 Å². The first-order valence-corrected chi connectivity index (χ1v) is 6.96. The average Bonchev–Trinajstić information content (AvgIpc) is 2.67. The Morgan fingerprint density at radius 1 is 1.35 bits per heavy atom. The average molecular weight is 299 g/mol. The Kier molecular flexibility index (Phi) is 4.89. The number of esters is 1. The van der Waals surface area contributed by atoms with Gasteiger partial charge in [0, 0.05) is 6.07 Å². The van der Waals surface area contributed by atoms with Gasteiger partial charge in [0.1, 0.15) is 23.0 Å². The molecular formula is C13H15ClN2O4. The van der Waals surface area contributed by atoms with E-state index in [4.69, 9.17) is 16.3 Å². The normalized spacial score (nSPS) is 16.4. The molecule has 0 aliphatic heterocycles. The van der Waals surface area contributed by atoms with Crippen molar-refractivity contribution in [1.29, 1.82) is 0 Å². The molecule has 108 valence electrons. The Bertz CT molecular complexity index is 513. The maximum Gasteiger partial charge on any atom is 0.341 e. The van der Waals surface area contributed by atoms with Gasteiger partial charge in [-0.25, -0.2) is 9.78 Å². The zero-order chi connectivity index (χ0) is 14.5. The van der Waals surface area contributed by atoms with Gasteiger partial charge in [-0.05, 0) is 25.7 Å². The summed E-state index contributed by atoms with van der Waals surface area (Å²) < 4.78 is 5.39. The second-order valence-corrected chi connectivity index (χ2v) is 5.17. The fourth-order valence-corrected chi connectivity index (χ4v) is 2.44. The molecule has 0 N–H and O–H groups in total. The highest BCUT2D eigenvalue weighted by atomic mass is 35.5. The summed E-state index contributed by atoms with van der Waals surface area (Å²) in [6.07, 6.45) is 6.88. The van der Waals surface area contributed by atoms with Gasteiger partial charge >= 0.3 is 5.97 Å². The molecule has 1 aliphatic carbocycles. The number of halogens is 1. The van der Waals surface area contributed by atoms with Crippen molar-refractivity contribution in [1.82, 2.24) is 4.98 Å². The molecule has 1 fully saturated rings. The van der Waals surface area contributed by atoms with Gasteiger partial charge in [0.2, 0.25) is 0 Å². The van der Waals surface area contributed by atoms with Gasteiger partial charge in [-0.1, -0.05) is 24.4 Å². The highest BCUT2D eigenvalue weighted by molar-refractivity contribution is 6.32. The molecule has 0 amide bonds. The molecule has 2 rings (SSSR count). The number of carbonyl (C=O) groups is 1. The summed E-state index contributed by atoms with van der Waals surface area (Å²) in [5.41, 5.74) is -0.327. The Morgan fingerprint density at radius 2 is 2.00 bits per heavy atom. The lowest BCUT2D eigenvalue weighted by atomic mass is 10.1. The molecule has 0 unspecified atom stereocenters. The summed E-state index contributed by atoms with van der Waals surface area (Å²) in [6, 6.07) is 1.11. The predicted molar refractivity (Wildman–Crippen MR) is 72.8 cm³/mol.